The average molecular weight is 364 g/mol. The van der Waals surface area contributed by atoms with Crippen molar-refractivity contribution in [1.29, 1.82) is 0 Å². The van der Waals surface area contributed by atoms with Crippen molar-refractivity contribution in [2.24, 2.45) is 5.92 Å². The predicted molar refractivity (Wildman–Crippen MR) is 103 cm³/mol. The number of hydrogen-bond acceptors (Lipinski definition) is 3. The van der Waals surface area contributed by atoms with Crippen LogP contribution in [0.3, 0.4) is 0 Å². The Morgan fingerprint density at radius 1 is 1.32 bits per heavy atom. The Labute approximate surface area is 153 Å². The van der Waals surface area contributed by atoms with E-state index in [1.807, 2.05) is 56.3 Å². The molecule has 1 aliphatic rings. The number of methoxy groups -OCH3 is 1. The first kappa shape index (κ1) is 19.9. The van der Waals surface area contributed by atoms with Crippen LogP contribution >= 0.6 is 0 Å². The van der Waals surface area contributed by atoms with Gasteiger partial charge in [0, 0.05) is 5.57 Å². The van der Waals surface area contributed by atoms with Gasteiger partial charge in [0.25, 0.3) is 0 Å². The van der Waals surface area contributed by atoms with Crippen molar-refractivity contribution in [2.45, 2.75) is 52.3 Å². The molecule has 1 aromatic rings. The number of ketones is 1. The highest BCUT2D eigenvalue weighted by Gasteiger charge is 2.43. The molecule has 1 saturated heterocycles. The van der Waals surface area contributed by atoms with Gasteiger partial charge in [-0.25, -0.2) is 8.51 Å². The van der Waals surface area contributed by atoms with Crippen LogP contribution in [0.4, 0.5) is 0 Å². The molecule has 1 aromatic carbocycles. The first-order chi connectivity index (χ1) is 11.6. The standard InChI is InChI=1S/C20H29NO3S/c1-13(2)11-16-17(22)12-21(25(23)20(4,5)6)19(16)15-9-8-10-18(24-7)14(15)3/h8-11,13,19H,12H2,1-7H3/b16-11+/t19-,25?/m1/s1. The molecule has 2 rings (SSSR count). The molecule has 0 spiro atoms. The highest BCUT2D eigenvalue weighted by atomic mass is 32.2. The third-order valence-electron chi connectivity index (χ3n) is 4.29. The van der Waals surface area contributed by atoms with Gasteiger partial charge in [-0.05, 0) is 50.8 Å². The first-order valence-electron chi connectivity index (χ1n) is 8.65. The number of hydrogen-bond donors (Lipinski definition) is 0. The summed E-state index contributed by atoms with van der Waals surface area (Å²) >= 11 is 0. The molecule has 0 aliphatic carbocycles. The summed E-state index contributed by atoms with van der Waals surface area (Å²) in [5.74, 6) is 1.08. The molecule has 0 radical (unpaired) electrons. The highest BCUT2D eigenvalue weighted by molar-refractivity contribution is 7.84. The topological polar surface area (TPSA) is 46.6 Å². The van der Waals surface area contributed by atoms with Gasteiger partial charge in [0.1, 0.15) is 16.7 Å². The van der Waals surface area contributed by atoms with E-state index in [0.29, 0.717) is 0 Å². The summed E-state index contributed by atoms with van der Waals surface area (Å²) in [6.07, 6.45) is 2.01. The van der Waals surface area contributed by atoms with E-state index >= 15 is 0 Å². The molecule has 0 bridgehead atoms. The van der Waals surface area contributed by atoms with E-state index in [1.165, 1.54) is 0 Å². The predicted octanol–water partition coefficient (Wildman–Crippen LogP) is 3.97. The summed E-state index contributed by atoms with van der Waals surface area (Å²) in [5.41, 5.74) is 2.70. The zero-order chi connectivity index (χ0) is 18.9. The molecule has 1 heterocycles. The molecule has 138 valence electrons. The van der Waals surface area contributed by atoms with E-state index in [-0.39, 0.29) is 24.3 Å². The van der Waals surface area contributed by atoms with Gasteiger partial charge in [0.2, 0.25) is 0 Å². The maximum absolute atomic E-state index is 13.1. The second kappa shape index (κ2) is 7.42. The zero-order valence-corrected chi connectivity index (χ0v) is 17.1. The van der Waals surface area contributed by atoms with Gasteiger partial charge in [-0.3, -0.25) is 4.79 Å². The SMILES string of the molecule is COc1cccc([C@@H]2/C(=C/C(C)C)C(=O)CN2S(=O)C(C)(C)C)c1C. The van der Waals surface area contributed by atoms with Gasteiger partial charge in [0.15, 0.2) is 5.78 Å². The molecular formula is C20H29NO3S. The molecule has 4 nitrogen and oxygen atoms in total. The molecule has 1 fully saturated rings. The molecule has 1 unspecified atom stereocenters. The maximum atomic E-state index is 13.1. The maximum Gasteiger partial charge on any atom is 0.175 e. The summed E-state index contributed by atoms with van der Waals surface area (Å²) in [4.78, 5) is 12.7. The van der Waals surface area contributed by atoms with Crippen LogP contribution in [0.5, 0.6) is 5.75 Å². The smallest absolute Gasteiger partial charge is 0.175 e. The van der Waals surface area contributed by atoms with E-state index in [2.05, 4.69) is 13.8 Å². The van der Waals surface area contributed by atoms with E-state index < -0.39 is 15.7 Å². The summed E-state index contributed by atoms with van der Waals surface area (Å²) < 4.78 is 20.0. The lowest BCUT2D eigenvalue weighted by Crippen LogP contribution is -2.38. The molecule has 0 aromatic heterocycles. The Morgan fingerprint density at radius 3 is 2.48 bits per heavy atom. The average Bonchev–Trinajstić information content (AvgIpc) is 2.82. The number of ether oxygens (including phenoxy) is 1. The summed E-state index contributed by atoms with van der Waals surface area (Å²) in [6, 6.07) is 5.54. The van der Waals surface area contributed by atoms with Crippen molar-refractivity contribution in [1.82, 2.24) is 4.31 Å². The number of nitrogens with zero attached hydrogens (tertiary/aromatic N) is 1. The van der Waals surface area contributed by atoms with E-state index in [4.69, 9.17) is 4.74 Å². The Hall–Kier alpha value is -1.46. The number of rotatable bonds is 4. The minimum absolute atomic E-state index is 0.0542. The third-order valence-corrected chi connectivity index (χ3v) is 6.11. The number of benzene rings is 1. The Morgan fingerprint density at radius 2 is 1.96 bits per heavy atom. The lowest BCUT2D eigenvalue weighted by Gasteiger charge is -2.31. The minimum atomic E-state index is -1.29. The van der Waals surface area contributed by atoms with Crippen molar-refractivity contribution in [3.63, 3.8) is 0 Å². The van der Waals surface area contributed by atoms with Crippen molar-refractivity contribution < 1.29 is 13.7 Å². The van der Waals surface area contributed by atoms with Crippen LogP contribution in [0, 0.1) is 12.8 Å². The summed E-state index contributed by atoms with van der Waals surface area (Å²) in [5, 5.41) is 0. The second-order valence-corrected chi connectivity index (χ2v) is 10.00. The van der Waals surface area contributed by atoms with Crippen molar-refractivity contribution in [3.05, 3.63) is 41.0 Å². The largest absolute Gasteiger partial charge is 0.496 e. The van der Waals surface area contributed by atoms with Crippen LogP contribution in [-0.2, 0) is 15.8 Å². The quantitative estimate of drug-likeness (QED) is 0.760. The lowest BCUT2D eigenvalue weighted by atomic mass is 9.93. The summed E-state index contributed by atoms with van der Waals surface area (Å²) in [6.45, 7) is 12.1. The van der Waals surface area contributed by atoms with Crippen LogP contribution in [0.25, 0.3) is 0 Å². The Bertz CT molecular complexity index is 716. The number of allylic oxidation sites excluding steroid dienone is 1. The first-order valence-corrected chi connectivity index (χ1v) is 9.75. The van der Waals surface area contributed by atoms with Crippen molar-refractivity contribution in [2.75, 3.05) is 13.7 Å². The molecule has 5 heteroatoms. The van der Waals surface area contributed by atoms with E-state index in [0.717, 1.165) is 22.4 Å². The number of carbonyl (C=O) groups excluding carboxylic acids is 1. The third kappa shape index (κ3) is 4.04. The monoisotopic (exact) mass is 363 g/mol. The molecule has 2 atom stereocenters. The second-order valence-electron chi connectivity index (χ2n) is 7.80. The Kier molecular flexibility index (Phi) is 5.89. The van der Waals surface area contributed by atoms with Gasteiger partial charge in [-0.2, -0.15) is 0 Å². The van der Waals surface area contributed by atoms with Gasteiger partial charge in [-0.1, -0.05) is 32.1 Å². The molecule has 0 amide bonds. The normalized spacial score (nSPS) is 22.0. The molecule has 0 saturated carbocycles. The van der Waals surface area contributed by atoms with Crippen LogP contribution in [-0.4, -0.2) is 32.7 Å². The van der Waals surface area contributed by atoms with Crippen LogP contribution < -0.4 is 4.74 Å². The van der Waals surface area contributed by atoms with Gasteiger partial charge >= 0.3 is 0 Å². The lowest BCUT2D eigenvalue weighted by molar-refractivity contribution is -0.114. The Balaban J connectivity index is 2.64. The molecule has 25 heavy (non-hydrogen) atoms. The highest BCUT2D eigenvalue weighted by Crippen LogP contribution is 2.41. The molecule has 0 N–H and O–H groups in total. The van der Waals surface area contributed by atoms with Gasteiger partial charge in [-0.15, -0.1) is 0 Å². The zero-order valence-electron chi connectivity index (χ0n) is 16.3. The van der Waals surface area contributed by atoms with Crippen molar-refractivity contribution >= 4 is 16.8 Å². The molecule has 1 aliphatic heterocycles. The molecular weight excluding hydrogens is 334 g/mol. The minimum Gasteiger partial charge on any atom is -0.496 e. The van der Waals surface area contributed by atoms with Crippen molar-refractivity contribution in [3.8, 4) is 5.75 Å². The fourth-order valence-corrected chi connectivity index (χ4v) is 4.51. The summed E-state index contributed by atoms with van der Waals surface area (Å²) in [7, 11) is 0.355. The number of carbonyl (C=O) groups is 1. The van der Waals surface area contributed by atoms with Gasteiger partial charge in [0.05, 0.1) is 24.4 Å². The van der Waals surface area contributed by atoms with Gasteiger partial charge < -0.3 is 4.74 Å². The number of Topliss-reactive ketones (excluding diaryl/α,β-unsaturated/α-hetero) is 1. The van der Waals surface area contributed by atoms with E-state index in [9.17, 15) is 9.00 Å². The fourth-order valence-electron chi connectivity index (χ4n) is 3.15. The van der Waals surface area contributed by atoms with E-state index in [1.54, 1.807) is 7.11 Å². The van der Waals surface area contributed by atoms with Crippen LogP contribution in [0.2, 0.25) is 0 Å². The fraction of sp³-hybridized carbons (Fsp3) is 0.550. The van der Waals surface area contributed by atoms with Crippen LogP contribution in [0.15, 0.2) is 29.8 Å². The van der Waals surface area contributed by atoms with Crippen LogP contribution in [0.1, 0.15) is 51.8 Å².